The molecule has 6 nitrogen and oxygen atoms in total. The van der Waals surface area contributed by atoms with E-state index in [2.05, 4.69) is 0 Å². The molecule has 0 aliphatic carbocycles. The number of aliphatic hydroxyl groups excluding tert-OH is 4. The quantitative estimate of drug-likeness (QED) is 0.376. The zero-order valence-electron chi connectivity index (χ0n) is 7.98. The third-order valence-electron chi connectivity index (χ3n) is 1.70. The van der Waals surface area contributed by atoms with E-state index >= 15 is 0 Å². The number of carbonyl (C=O) groups excluding carboxylic acids is 1. The predicted molar refractivity (Wildman–Crippen MR) is 44.2 cm³/mol. The summed E-state index contributed by atoms with van der Waals surface area (Å²) in [6, 6.07) is 0. The van der Waals surface area contributed by atoms with Gasteiger partial charge in [-0.2, -0.15) is 13.2 Å². The summed E-state index contributed by atoms with van der Waals surface area (Å²) < 4.78 is 35.0. The van der Waals surface area contributed by atoms with Crippen molar-refractivity contribution in [1.29, 1.82) is 0 Å². The first-order valence-electron chi connectivity index (χ1n) is 4.20. The maximum Gasteiger partial charge on any atom is 0.471 e. The molecule has 5 N–H and O–H groups in total. The molecule has 0 rings (SSSR count). The summed E-state index contributed by atoms with van der Waals surface area (Å²) in [6.07, 6.45) is -10.4. The molecule has 0 aliphatic heterocycles. The molecule has 9 heteroatoms. The molecule has 0 aromatic rings. The second kappa shape index (κ2) is 5.99. The van der Waals surface area contributed by atoms with E-state index in [1.165, 1.54) is 5.32 Å². The SMILES string of the molecule is O=C(NC[C@@H](O)[C@H](O)[C@H](O)CO)C(F)(F)F. The van der Waals surface area contributed by atoms with Gasteiger partial charge in [0, 0.05) is 6.54 Å². The summed E-state index contributed by atoms with van der Waals surface area (Å²) in [5, 5.41) is 36.6. The van der Waals surface area contributed by atoms with E-state index in [1.54, 1.807) is 0 Å². The second-order valence-electron chi connectivity index (χ2n) is 3.02. The average Bonchev–Trinajstić information content (AvgIpc) is 2.21. The summed E-state index contributed by atoms with van der Waals surface area (Å²) in [5.41, 5.74) is 0. The molecule has 1 amide bonds. The Morgan fingerprint density at radius 2 is 1.69 bits per heavy atom. The molecule has 0 spiro atoms. The zero-order chi connectivity index (χ0) is 12.9. The van der Waals surface area contributed by atoms with Gasteiger partial charge in [0.2, 0.25) is 0 Å². The Labute approximate surface area is 88.3 Å². The van der Waals surface area contributed by atoms with Crippen LogP contribution in [0.3, 0.4) is 0 Å². The van der Waals surface area contributed by atoms with Gasteiger partial charge in [-0.25, -0.2) is 0 Å². The van der Waals surface area contributed by atoms with Gasteiger partial charge < -0.3 is 25.7 Å². The van der Waals surface area contributed by atoms with Gasteiger partial charge in [0.05, 0.1) is 12.7 Å². The van der Waals surface area contributed by atoms with Crippen LogP contribution in [0, 0.1) is 0 Å². The van der Waals surface area contributed by atoms with Crippen LogP contribution in [0.15, 0.2) is 0 Å². The topological polar surface area (TPSA) is 110 Å². The highest BCUT2D eigenvalue weighted by molar-refractivity contribution is 5.81. The third kappa shape index (κ3) is 4.75. The standard InChI is InChI=1S/C7H12F3NO5/c8-7(9,10)6(16)11-1-3(13)5(15)4(14)2-12/h3-5,12-15H,1-2H2,(H,11,16)/t3-,4-,5+/m1/s1. The summed E-state index contributed by atoms with van der Waals surface area (Å²) in [7, 11) is 0. The molecule has 0 unspecified atom stereocenters. The predicted octanol–water partition coefficient (Wildman–Crippen LogP) is -2.26. The molecule has 0 bridgehead atoms. The van der Waals surface area contributed by atoms with Gasteiger partial charge in [-0.3, -0.25) is 4.79 Å². The highest BCUT2D eigenvalue weighted by Gasteiger charge is 2.39. The molecule has 0 saturated carbocycles. The van der Waals surface area contributed by atoms with Crippen molar-refractivity contribution < 1.29 is 38.4 Å². The van der Waals surface area contributed by atoms with Crippen molar-refractivity contribution in [2.24, 2.45) is 0 Å². The summed E-state index contributed by atoms with van der Waals surface area (Å²) in [6.45, 7) is -1.76. The normalized spacial score (nSPS) is 17.7. The first-order valence-corrected chi connectivity index (χ1v) is 4.20. The summed E-state index contributed by atoms with van der Waals surface area (Å²) in [5.74, 6) is -2.27. The lowest BCUT2D eigenvalue weighted by molar-refractivity contribution is -0.174. The Bertz CT molecular complexity index is 235. The fourth-order valence-corrected chi connectivity index (χ4v) is 0.783. The van der Waals surface area contributed by atoms with Crippen LogP contribution in [-0.2, 0) is 4.79 Å². The molecular formula is C7H12F3NO5. The fraction of sp³-hybridized carbons (Fsp3) is 0.857. The maximum atomic E-state index is 11.7. The lowest BCUT2D eigenvalue weighted by Crippen LogP contribution is -2.48. The molecule has 16 heavy (non-hydrogen) atoms. The lowest BCUT2D eigenvalue weighted by atomic mass is 10.1. The number of rotatable bonds is 5. The average molecular weight is 247 g/mol. The van der Waals surface area contributed by atoms with Crippen molar-refractivity contribution in [1.82, 2.24) is 5.32 Å². The van der Waals surface area contributed by atoms with Gasteiger partial charge in [-0.05, 0) is 0 Å². The summed E-state index contributed by atoms with van der Waals surface area (Å²) >= 11 is 0. The lowest BCUT2D eigenvalue weighted by Gasteiger charge is -2.21. The summed E-state index contributed by atoms with van der Waals surface area (Å²) in [4.78, 5) is 10.3. The molecule has 96 valence electrons. The van der Waals surface area contributed by atoms with E-state index in [-0.39, 0.29) is 0 Å². The molecule has 0 saturated heterocycles. The van der Waals surface area contributed by atoms with Gasteiger partial charge >= 0.3 is 12.1 Å². The minimum absolute atomic E-state index is 0.870. The number of hydrogen-bond donors (Lipinski definition) is 5. The van der Waals surface area contributed by atoms with Crippen molar-refractivity contribution in [3.05, 3.63) is 0 Å². The first-order chi connectivity index (χ1) is 7.20. The molecular weight excluding hydrogens is 235 g/mol. The van der Waals surface area contributed by atoms with Gasteiger partial charge in [0.15, 0.2) is 0 Å². The van der Waals surface area contributed by atoms with Crippen LogP contribution >= 0.6 is 0 Å². The number of nitrogens with one attached hydrogen (secondary N) is 1. The third-order valence-corrected chi connectivity index (χ3v) is 1.70. The number of halogens is 3. The van der Waals surface area contributed by atoms with Crippen LogP contribution in [0.1, 0.15) is 0 Å². The molecule has 0 aromatic carbocycles. The van der Waals surface area contributed by atoms with Gasteiger partial charge in [-0.15, -0.1) is 0 Å². The van der Waals surface area contributed by atoms with Crippen LogP contribution in [0.2, 0.25) is 0 Å². The first kappa shape index (κ1) is 15.1. The van der Waals surface area contributed by atoms with Crippen molar-refractivity contribution >= 4 is 5.91 Å². The van der Waals surface area contributed by atoms with E-state index in [1.807, 2.05) is 0 Å². The van der Waals surface area contributed by atoms with Gasteiger partial charge in [0.1, 0.15) is 12.2 Å². The monoisotopic (exact) mass is 247 g/mol. The van der Waals surface area contributed by atoms with Crippen molar-refractivity contribution in [3.63, 3.8) is 0 Å². The Balaban J connectivity index is 4.08. The highest BCUT2D eigenvalue weighted by atomic mass is 19.4. The molecule has 0 heterocycles. The van der Waals surface area contributed by atoms with E-state index in [9.17, 15) is 18.0 Å². The van der Waals surface area contributed by atoms with Crippen molar-refractivity contribution in [2.45, 2.75) is 24.5 Å². The highest BCUT2D eigenvalue weighted by Crippen LogP contribution is 2.14. The molecule has 0 fully saturated rings. The van der Waals surface area contributed by atoms with E-state index in [0.717, 1.165) is 0 Å². The number of alkyl halides is 3. The van der Waals surface area contributed by atoms with E-state index < -0.39 is 43.5 Å². The number of amides is 1. The van der Waals surface area contributed by atoms with Crippen LogP contribution < -0.4 is 5.32 Å². The van der Waals surface area contributed by atoms with Crippen molar-refractivity contribution in [3.8, 4) is 0 Å². The number of hydrogen-bond acceptors (Lipinski definition) is 5. The Hall–Kier alpha value is -0.900. The Morgan fingerprint density at radius 1 is 1.19 bits per heavy atom. The van der Waals surface area contributed by atoms with Gasteiger partial charge in [-0.1, -0.05) is 0 Å². The van der Waals surface area contributed by atoms with Crippen LogP contribution in [-0.4, -0.2) is 64.0 Å². The minimum Gasteiger partial charge on any atom is -0.394 e. The molecule has 0 aromatic heterocycles. The Morgan fingerprint density at radius 3 is 2.06 bits per heavy atom. The van der Waals surface area contributed by atoms with Crippen LogP contribution in [0.25, 0.3) is 0 Å². The maximum absolute atomic E-state index is 11.7. The Kier molecular flexibility index (Phi) is 5.65. The molecule has 0 aliphatic rings. The second-order valence-corrected chi connectivity index (χ2v) is 3.02. The van der Waals surface area contributed by atoms with Crippen LogP contribution in [0.4, 0.5) is 13.2 Å². The van der Waals surface area contributed by atoms with Gasteiger partial charge in [0.25, 0.3) is 0 Å². The van der Waals surface area contributed by atoms with Crippen LogP contribution in [0.5, 0.6) is 0 Å². The minimum atomic E-state index is -5.08. The van der Waals surface area contributed by atoms with Crippen molar-refractivity contribution in [2.75, 3.05) is 13.2 Å². The smallest absolute Gasteiger partial charge is 0.394 e. The fourth-order valence-electron chi connectivity index (χ4n) is 0.783. The molecule has 3 atom stereocenters. The number of aliphatic hydroxyl groups is 4. The number of carbonyl (C=O) groups is 1. The van der Waals surface area contributed by atoms with E-state index in [0.29, 0.717) is 0 Å². The van der Waals surface area contributed by atoms with E-state index in [4.69, 9.17) is 20.4 Å². The zero-order valence-corrected chi connectivity index (χ0v) is 7.98. The molecule has 0 radical (unpaired) electrons. The largest absolute Gasteiger partial charge is 0.471 e.